The van der Waals surface area contributed by atoms with Gasteiger partial charge in [-0.1, -0.05) is 22.0 Å². The molecule has 19 heavy (non-hydrogen) atoms. The number of alkyl halides is 1. The summed E-state index contributed by atoms with van der Waals surface area (Å²) in [5.74, 6) is 0.841. The monoisotopic (exact) mass is 392 g/mol. The average molecular weight is 394 g/mol. The fourth-order valence-electron chi connectivity index (χ4n) is 2.09. The smallest absolute Gasteiger partial charge is 0.133 e. The minimum Gasteiger partial charge on any atom is -0.490 e. The predicted molar refractivity (Wildman–Crippen MR) is 82.2 cm³/mol. The Hall–Kier alpha value is -0.100. The molecule has 1 aliphatic heterocycles. The molecule has 0 aromatic heterocycles. The second-order valence-electron chi connectivity index (χ2n) is 4.48. The van der Waals surface area contributed by atoms with Gasteiger partial charge in [0.2, 0.25) is 0 Å². The number of ether oxygens (including phenoxy) is 3. The minimum atomic E-state index is 0.235. The number of halogens is 2. The van der Waals surface area contributed by atoms with E-state index < -0.39 is 0 Å². The van der Waals surface area contributed by atoms with Gasteiger partial charge in [0.25, 0.3) is 0 Å². The van der Waals surface area contributed by atoms with E-state index in [4.69, 9.17) is 14.2 Å². The molecule has 5 heteroatoms. The standard InChI is InChI=1S/C14H18Br2O3/c1-17-7-8-19-12-5-4-10(9-11(12)15)14(16)13-3-2-6-18-13/h4-5,9,13-14H,2-3,6-8H2,1H3. The van der Waals surface area contributed by atoms with Gasteiger partial charge >= 0.3 is 0 Å². The molecule has 1 heterocycles. The molecule has 106 valence electrons. The maximum Gasteiger partial charge on any atom is 0.133 e. The summed E-state index contributed by atoms with van der Waals surface area (Å²) in [5.41, 5.74) is 1.21. The molecular formula is C14H18Br2O3. The van der Waals surface area contributed by atoms with E-state index in [0.717, 1.165) is 29.7 Å². The summed E-state index contributed by atoms with van der Waals surface area (Å²) in [5, 5.41) is 0. The van der Waals surface area contributed by atoms with Gasteiger partial charge in [-0.2, -0.15) is 0 Å². The summed E-state index contributed by atoms with van der Waals surface area (Å²) in [6.45, 7) is 2.01. The predicted octanol–water partition coefficient (Wildman–Crippen LogP) is 4.09. The van der Waals surface area contributed by atoms with E-state index in [0.29, 0.717) is 13.2 Å². The Bertz CT molecular complexity index is 406. The van der Waals surface area contributed by atoms with Crippen molar-refractivity contribution in [2.24, 2.45) is 0 Å². The van der Waals surface area contributed by atoms with Crippen LogP contribution in [0.4, 0.5) is 0 Å². The summed E-state index contributed by atoms with van der Waals surface area (Å²) in [7, 11) is 1.67. The molecule has 2 atom stereocenters. The van der Waals surface area contributed by atoms with Crippen molar-refractivity contribution in [1.29, 1.82) is 0 Å². The van der Waals surface area contributed by atoms with Crippen molar-refractivity contribution in [3.63, 3.8) is 0 Å². The average Bonchev–Trinajstić information content (AvgIpc) is 2.94. The molecule has 2 rings (SSSR count). The van der Waals surface area contributed by atoms with Gasteiger partial charge in [-0.3, -0.25) is 0 Å². The van der Waals surface area contributed by atoms with Crippen LogP contribution in [-0.2, 0) is 9.47 Å². The molecule has 1 aromatic rings. The molecule has 0 aliphatic carbocycles. The summed E-state index contributed by atoms with van der Waals surface area (Å²) in [6.07, 6.45) is 2.53. The quantitative estimate of drug-likeness (QED) is 0.538. The highest BCUT2D eigenvalue weighted by Crippen LogP contribution is 2.37. The van der Waals surface area contributed by atoms with Gasteiger partial charge in [0, 0.05) is 13.7 Å². The van der Waals surface area contributed by atoms with Crippen molar-refractivity contribution in [3.05, 3.63) is 28.2 Å². The van der Waals surface area contributed by atoms with Gasteiger partial charge in [0.1, 0.15) is 12.4 Å². The van der Waals surface area contributed by atoms with Crippen LogP contribution >= 0.6 is 31.9 Å². The highest BCUT2D eigenvalue weighted by atomic mass is 79.9. The molecule has 2 unspecified atom stereocenters. The highest BCUT2D eigenvalue weighted by Gasteiger charge is 2.25. The van der Waals surface area contributed by atoms with Crippen LogP contribution in [0.1, 0.15) is 23.2 Å². The molecule has 0 radical (unpaired) electrons. The van der Waals surface area contributed by atoms with Gasteiger partial charge in [0.05, 0.1) is 22.0 Å². The second kappa shape index (κ2) is 7.62. The number of rotatable bonds is 6. The van der Waals surface area contributed by atoms with Crippen LogP contribution in [0.2, 0.25) is 0 Å². The van der Waals surface area contributed by atoms with Gasteiger partial charge in [-0.25, -0.2) is 0 Å². The van der Waals surface area contributed by atoms with E-state index in [2.05, 4.69) is 44.0 Å². The molecule has 0 N–H and O–H groups in total. The Balaban J connectivity index is 2.00. The van der Waals surface area contributed by atoms with Crippen LogP contribution in [0.15, 0.2) is 22.7 Å². The third kappa shape index (κ3) is 4.18. The topological polar surface area (TPSA) is 27.7 Å². The molecule has 3 nitrogen and oxygen atoms in total. The van der Waals surface area contributed by atoms with Gasteiger partial charge in [0.15, 0.2) is 0 Å². The number of methoxy groups -OCH3 is 1. The lowest BCUT2D eigenvalue weighted by molar-refractivity contribution is 0.110. The fraction of sp³-hybridized carbons (Fsp3) is 0.571. The van der Waals surface area contributed by atoms with Crippen molar-refractivity contribution < 1.29 is 14.2 Å². The van der Waals surface area contributed by atoms with E-state index in [1.807, 2.05) is 6.07 Å². The first-order valence-electron chi connectivity index (χ1n) is 6.39. The summed E-state index contributed by atoms with van der Waals surface area (Å²) in [4.78, 5) is 0.235. The zero-order valence-corrected chi connectivity index (χ0v) is 14.1. The maximum atomic E-state index is 5.71. The molecule has 1 aromatic carbocycles. The van der Waals surface area contributed by atoms with Crippen molar-refractivity contribution in [2.75, 3.05) is 26.9 Å². The molecule has 0 bridgehead atoms. The maximum absolute atomic E-state index is 5.71. The lowest BCUT2D eigenvalue weighted by Crippen LogP contribution is -2.12. The number of hydrogen-bond donors (Lipinski definition) is 0. The van der Waals surface area contributed by atoms with Gasteiger partial charge in [-0.15, -0.1) is 0 Å². The van der Waals surface area contributed by atoms with Gasteiger partial charge in [-0.05, 0) is 46.5 Å². The Morgan fingerprint density at radius 3 is 2.89 bits per heavy atom. The summed E-state index contributed by atoms with van der Waals surface area (Å²) in [6, 6.07) is 6.15. The van der Waals surface area contributed by atoms with Crippen LogP contribution in [0.25, 0.3) is 0 Å². The number of benzene rings is 1. The van der Waals surface area contributed by atoms with Crippen LogP contribution in [0, 0.1) is 0 Å². The van der Waals surface area contributed by atoms with E-state index in [1.54, 1.807) is 7.11 Å². The Morgan fingerprint density at radius 1 is 1.42 bits per heavy atom. The molecular weight excluding hydrogens is 376 g/mol. The van der Waals surface area contributed by atoms with E-state index >= 15 is 0 Å². The van der Waals surface area contributed by atoms with Crippen molar-refractivity contribution in [3.8, 4) is 5.75 Å². The fourth-order valence-corrected chi connectivity index (χ4v) is 3.30. The molecule has 1 fully saturated rings. The SMILES string of the molecule is COCCOc1ccc(C(Br)C2CCCO2)cc1Br. The number of hydrogen-bond acceptors (Lipinski definition) is 3. The molecule has 0 saturated carbocycles. The minimum absolute atomic E-state index is 0.235. The van der Waals surface area contributed by atoms with E-state index in [9.17, 15) is 0 Å². The molecule has 1 aliphatic rings. The molecule has 0 amide bonds. The first-order chi connectivity index (χ1) is 9.22. The lowest BCUT2D eigenvalue weighted by atomic mass is 10.1. The van der Waals surface area contributed by atoms with Gasteiger partial charge < -0.3 is 14.2 Å². The van der Waals surface area contributed by atoms with E-state index in [1.165, 1.54) is 5.56 Å². The zero-order valence-electron chi connectivity index (χ0n) is 10.9. The lowest BCUT2D eigenvalue weighted by Gasteiger charge is -2.18. The van der Waals surface area contributed by atoms with Crippen LogP contribution < -0.4 is 4.74 Å². The van der Waals surface area contributed by atoms with Crippen LogP contribution in [0.5, 0.6) is 5.75 Å². The Labute approximate surface area is 130 Å². The van der Waals surface area contributed by atoms with Crippen molar-refractivity contribution in [1.82, 2.24) is 0 Å². The Morgan fingerprint density at radius 2 is 2.26 bits per heavy atom. The third-order valence-electron chi connectivity index (χ3n) is 3.11. The zero-order chi connectivity index (χ0) is 13.7. The summed E-state index contributed by atoms with van der Waals surface area (Å²) < 4.78 is 17.3. The first kappa shape index (κ1) is 15.3. The second-order valence-corrected chi connectivity index (χ2v) is 6.33. The largest absolute Gasteiger partial charge is 0.490 e. The molecule has 0 spiro atoms. The first-order valence-corrected chi connectivity index (χ1v) is 8.10. The van der Waals surface area contributed by atoms with Crippen molar-refractivity contribution in [2.45, 2.75) is 23.8 Å². The third-order valence-corrected chi connectivity index (χ3v) is 4.85. The summed E-state index contributed by atoms with van der Waals surface area (Å²) >= 11 is 7.28. The van der Waals surface area contributed by atoms with Crippen molar-refractivity contribution >= 4 is 31.9 Å². The van der Waals surface area contributed by atoms with Crippen LogP contribution in [0.3, 0.4) is 0 Å². The molecule has 1 saturated heterocycles. The van der Waals surface area contributed by atoms with E-state index in [-0.39, 0.29) is 10.9 Å². The van der Waals surface area contributed by atoms with Crippen LogP contribution in [-0.4, -0.2) is 33.0 Å². The highest BCUT2D eigenvalue weighted by molar-refractivity contribution is 9.10. The normalized spacial score (nSPS) is 20.5. The Kier molecular flexibility index (Phi) is 6.13.